The Bertz CT molecular complexity index is 156. The number of hydrogen-bond acceptors (Lipinski definition) is 3. The number of hydrogen-bond donors (Lipinski definition) is 1. The molecule has 0 bridgehead atoms. The van der Waals surface area contributed by atoms with Crippen LogP contribution >= 0.6 is 0 Å². The van der Waals surface area contributed by atoms with Gasteiger partial charge in [-0.25, -0.2) is 5.01 Å². The molecule has 12 heavy (non-hydrogen) atoms. The highest BCUT2D eigenvalue weighted by molar-refractivity contribution is 4.76. The van der Waals surface area contributed by atoms with Crippen LogP contribution in [-0.2, 0) is 0 Å². The van der Waals surface area contributed by atoms with E-state index >= 15 is 0 Å². The van der Waals surface area contributed by atoms with Crippen LogP contribution in [0.1, 0.15) is 38.5 Å². The second-order valence-corrected chi connectivity index (χ2v) is 3.44. The van der Waals surface area contributed by atoms with Gasteiger partial charge < -0.3 is 0 Å². The Kier molecular flexibility index (Phi) is 4.06. The molecule has 0 aromatic heterocycles. The molecule has 3 nitrogen and oxygen atoms in total. The van der Waals surface area contributed by atoms with Gasteiger partial charge in [-0.2, -0.15) is 5.26 Å². The zero-order valence-electron chi connectivity index (χ0n) is 7.50. The Morgan fingerprint density at radius 2 is 2.00 bits per heavy atom. The molecule has 1 aliphatic carbocycles. The van der Waals surface area contributed by atoms with Gasteiger partial charge >= 0.3 is 0 Å². The molecule has 2 N–H and O–H groups in total. The summed E-state index contributed by atoms with van der Waals surface area (Å²) in [7, 11) is 0. The second-order valence-electron chi connectivity index (χ2n) is 3.44. The SMILES string of the molecule is N#CCCN(N)C1CCCCC1. The molecule has 1 fully saturated rings. The Morgan fingerprint density at radius 3 is 2.58 bits per heavy atom. The largest absolute Gasteiger partial charge is 0.269 e. The summed E-state index contributed by atoms with van der Waals surface area (Å²) in [5.74, 6) is 5.82. The smallest absolute Gasteiger partial charge is 0.0635 e. The van der Waals surface area contributed by atoms with Gasteiger partial charge in [0.05, 0.1) is 6.07 Å². The van der Waals surface area contributed by atoms with Crippen LogP contribution in [0.25, 0.3) is 0 Å². The van der Waals surface area contributed by atoms with Crippen molar-refractivity contribution in [3.05, 3.63) is 0 Å². The minimum Gasteiger partial charge on any atom is -0.269 e. The number of nitriles is 1. The highest BCUT2D eigenvalue weighted by Crippen LogP contribution is 2.20. The van der Waals surface area contributed by atoms with Crippen molar-refractivity contribution in [2.75, 3.05) is 6.54 Å². The fourth-order valence-corrected chi connectivity index (χ4v) is 1.77. The molecule has 0 spiro atoms. The van der Waals surface area contributed by atoms with E-state index < -0.39 is 0 Å². The lowest BCUT2D eigenvalue weighted by Crippen LogP contribution is -2.42. The molecule has 0 aromatic carbocycles. The summed E-state index contributed by atoms with van der Waals surface area (Å²) in [5, 5.41) is 10.2. The molecule has 0 aliphatic heterocycles. The normalized spacial score (nSPS) is 19.4. The molecule has 0 atom stereocenters. The summed E-state index contributed by atoms with van der Waals surface area (Å²) in [4.78, 5) is 0. The van der Waals surface area contributed by atoms with Crippen molar-refractivity contribution in [1.29, 1.82) is 5.26 Å². The van der Waals surface area contributed by atoms with Gasteiger partial charge in [-0.1, -0.05) is 19.3 Å². The molecular formula is C9H17N3. The van der Waals surface area contributed by atoms with Crippen LogP contribution in [0.3, 0.4) is 0 Å². The number of rotatable bonds is 3. The summed E-state index contributed by atoms with van der Waals surface area (Å²) in [6, 6.07) is 2.65. The van der Waals surface area contributed by atoms with E-state index in [2.05, 4.69) is 6.07 Å². The molecule has 3 heteroatoms. The molecule has 0 amide bonds. The summed E-state index contributed by atoms with van der Waals surface area (Å²) in [6.07, 6.45) is 6.91. The highest BCUT2D eigenvalue weighted by Gasteiger charge is 2.17. The van der Waals surface area contributed by atoms with E-state index in [4.69, 9.17) is 11.1 Å². The Hall–Kier alpha value is -0.590. The molecule has 0 unspecified atom stereocenters. The van der Waals surface area contributed by atoms with Gasteiger partial charge in [0.2, 0.25) is 0 Å². The van der Waals surface area contributed by atoms with Gasteiger partial charge in [0, 0.05) is 19.0 Å². The van der Waals surface area contributed by atoms with Crippen LogP contribution in [0, 0.1) is 11.3 Å². The van der Waals surface area contributed by atoms with Gasteiger partial charge in [0.25, 0.3) is 0 Å². The fourth-order valence-electron chi connectivity index (χ4n) is 1.77. The van der Waals surface area contributed by atoms with E-state index in [1.807, 2.05) is 5.01 Å². The maximum Gasteiger partial charge on any atom is 0.0635 e. The average Bonchev–Trinajstić information content (AvgIpc) is 2.15. The third-order valence-corrected chi connectivity index (χ3v) is 2.53. The fraction of sp³-hybridized carbons (Fsp3) is 0.889. The first-order chi connectivity index (χ1) is 5.84. The molecule has 0 saturated heterocycles. The quantitative estimate of drug-likeness (QED) is 0.510. The predicted molar refractivity (Wildman–Crippen MR) is 48.0 cm³/mol. The molecule has 0 heterocycles. The molecule has 68 valence electrons. The molecular weight excluding hydrogens is 150 g/mol. The van der Waals surface area contributed by atoms with Gasteiger partial charge in [-0.3, -0.25) is 5.84 Å². The highest BCUT2D eigenvalue weighted by atomic mass is 15.4. The van der Waals surface area contributed by atoms with Crippen molar-refractivity contribution >= 4 is 0 Å². The lowest BCUT2D eigenvalue weighted by atomic mass is 9.95. The minimum absolute atomic E-state index is 0.534. The molecule has 1 saturated carbocycles. The third kappa shape index (κ3) is 2.80. The first-order valence-corrected chi connectivity index (χ1v) is 4.73. The van der Waals surface area contributed by atoms with Gasteiger partial charge in [-0.15, -0.1) is 0 Å². The Balaban J connectivity index is 2.21. The summed E-state index contributed by atoms with van der Waals surface area (Å²) in [5.41, 5.74) is 0. The number of hydrazine groups is 1. The van der Waals surface area contributed by atoms with E-state index in [0.29, 0.717) is 12.5 Å². The van der Waals surface area contributed by atoms with E-state index in [-0.39, 0.29) is 0 Å². The van der Waals surface area contributed by atoms with Crippen molar-refractivity contribution in [2.24, 2.45) is 5.84 Å². The second kappa shape index (κ2) is 5.13. The van der Waals surface area contributed by atoms with Gasteiger partial charge in [0.15, 0.2) is 0 Å². The monoisotopic (exact) mass is 167 g/mol. The van der Waals surface area contributed by atoms with Crippen molar-refractivity contribution in [3.63, 3.8) is 0 Å². The minimum atomic E-state index is 0.534. The van der Waals surface area contributed by atoms with Crippen molar-refractivity contribution in [3.8, 4) is 6.07 Å². The van der Waals surface area contributed by atoms with Crippen LogP contribution in [0.4, 0.5) is 0 Å². The van der Waals surface area contributed by atoms with Gasteiger partial charge in [0.1, 0.15) is 0 Å². The third-order valence-electron chi connectivity index (χ3n) is 2.53. The van der Waals surface area contributed by atoms with Crippen LogP contribution in [0.5, 0.6) is 0 Å². The standard InChI is InChI=1S/C9H17N3/c10-7-4-8-12(11)9-5-2-1-3-6-9/h9H,1-6,8,11H2. The maximum absolute atomic E-state index is 8.38. The predicted octanol–water partition coefficient (Wildman–Crippen LogP) is 1.41. The maximum atomic E-state index is 8.38. The van der Waals surface area contributed by atoms with Crippen LogP contribution in [-0.4, -0.2) is 17.6 Å². The lowest BCUT2D eigenvalue weighted by Gasteiger charge is -2.29. The Labute approximate surface area is 74.1 Å². The van der Waals surface area contributed by atoms with E-state index in [1.165, 1.54) is 32.1 Å². The van der Waals surface area contributed by atoms with E-state index in [0.717, 1.165) is 6.54 Å². The summed E-state index contributed by atoms with van der Waals surface area (Å²) >= 11 is 0. The van der Waals surface area contributed by atoms with E-state index in [1.54, 1.807) is 0 Å². The van der Waals surface area contributed by atoms with Crippen molar-refractivity contribution < 1.29 is 0 Å². The zero-order chi connectivity index (χ0) is 8.81. The number of nitrogens with zero attached hydrogens (tertiary/aromatic N) is 2. The summed E-state index contributed by atoms with van der Waals surface area (Å²) in [6.45, 7) is 0.723. The van der Waals surface area contributed by atoms with E-state index in [9.17, 15) is 0 Å². The Morgan fingerprint density at radius 1 is 1.33 bits per heavy atom. The molecule has 0 aromatic rings. The lowest BCUT2D eigenvalue weighted by molar-refractivity contribution is 0.162. The van der Waals surface area contributed by atoms with Crippen LogP contribution < -0.4 is 5.84 Å². The molecule has 1 aliphatic rings. The molecule has 1 rings (SSSR count). The molecule has 0 radical (unpaired) electrons. The summed E-state index contributed by atoms with van der Waals surface area (Å²) < 4.78 is 0. The van der Waals surface area contributed by atoms with Crippen LogP contribution in [0.2, 0.25) is 0 Å². The topological polar surface area (TPSA) is 53.0 Å². The number of nitrogens with two attached hydrogens (primary N) is 1. The average molecular weight is 167 g/mol. The van der Waals surface area contributed by atoms with Crippen molar-refractivity contribution in [2.45, 2.75) is 44.6 Å². The zero-order valence-corrected chi connectivity index (χ0v) is 7.50. The first-order valence-electron chi connectivity index (χ1n) is 4.73. The van der Waals surface area contributed by atoms with Crippen molar-refractivity contribution in [1.82, 2.24) is 5.01 Å². The first kappa shape index (κ1) is 9.50. The van der Waals surface area contributed by atoms with Gasteiger partial charge in [-0.05, 0) is 12.8 Å². The van der Waals surface area contributed by atoms with Crippen LogP contribution in [0.15, 0.2) is 0 Å².